The number of ether oxygens (including phenoxy) is 1. The van der Waals surface area contributed by atoms with Gasteiger partial charge in [0.2, 0.25) is 0 Å². The van der Waals surface area contributed by atoms with Crippen LogP contribution in [0.4, 0.5) is 0 Å². The smallest absolute Gasteiger partial charge is 0.254 e. The summed E-state index contributed by atoms with van der Waals surface area (Å²) in [5.74, 6) is 5.84. The number of benzene rings is 1. The second-order valence-electron chi connectivity index (χ2n) is 4.78. The Labute approximate surface area is 119 Å². The van der Waals surface area contributed by atoms with Crippen molar-refractivity contribution in [2.45, 2.75) is 19.4 Å². The molecular formula is C16H19NO3. The molecule has 0 radical (unpaired) electrons. The molecule has 1 aromatic rings. The van der Waals surface area contributed by atoms with Gasteiger partial charge in [0.1, 0.15) is 0 Å². The second kappa shape index (κ2) is 7.09. The van der Waals surface area contributed by atoms with Crippen molar-refractivity contribution < 1.29 is 14.6 Å². The van der Waals surface area contributed by atoms with Gasteiger partial charge >= 0.3 is 0 Å². The fourth-order valence-electron chi connectivity index (χ4n) is 2.11. The van der Waals surface area contributed by atoms with Gasteiger partial charge in [-0.2, -0.15) is 0 Å². The third kappa shape index (κ3) is 3.60. The summed E-state index contributed by atoms with van der Waals surface area (Å²) < 4.78 is 5.34. The van der Waals surface area contributed by atoms with Crippen LogP contribution in [0.2, 0.25) is 0 Å². The largest absolute Gasteiger partial charge is 0.395 e. The topological polar surface area (TPSA) is 49.8 Å². The highest BCUT2D eigenvalue weighted by atomic mass is 16.5. The summed E-state index contributed by atoms with van der Waals surface area (Å²) in [6.45, 7) is 3.89. The van der Waals surface area contributed by atoms with Gasteiger partial charge in [0.05, 0.1) is 25.9 Å². The lowest BCUT2D eigenvalue weighted by Crippen LogP contribution is -2.47. The summed E-state index contributed by atoms with van der Waals surface area (Å²) in [6.07, 6.45) is 0.464. The molecule has 1 unspecified atom stereocenters. The van der Waals surface area contributed by atoms with Gasteiger partial charge in [-0.05, 0) is 31.2 Å². The van der Waals surface area contributed by atoms with E-state index in [4.69, 9.17) is 9.84 Å². The van der Waals surface area contributed by atoms with Crippen molar-refractivity contribution in [3.8, 4) is 11.8 Å². The summed E-state index contributed by atoms with van der Waals surface area (Å²) in [5, 5.41) is 8.67. The van der Waals surface area contributed by atoms with Crippen LogP contribution in [0.25, 0.3) is 0 Å². The van der Waals surface area contributed by atoms with Crippen molar-refractivity contribution in [2.75, 3.05) is 26.4 Å². The Balaban J connectivity index is 2.06. The molecule has 0 aromatic heterocycles. The Kier molecular flexibility index (Phi) is 5.16. The Bertz CT molecular complexity index is 513. The van der Waals surface area contributed by atoms with Crippen LogP contribution in [0.3, 0.4) is 0 Å². The van der Waals surface area contributed by atoms with E-state index < -0.39 is 0 Å². The minimum absolute atomic E-state index is 0.0377. The lowest BCUT2D eigenvalue weighted by molar-refractivity contribution is 0.00359. The minimum atomic E-state index is 0.0377. The molecule has 1 atom stereocenters. The zero-order chi connectivity index (χ0) is 14.4. The van der Waals surface area contributed by atoms with Crippen LogP contribution < -0.4 is 0 Å². The maximum Gasteiger partial charge on any atom is 0.254 e. The van der Waals surface area contributed by atoms with Crippen LogP contribution in [0.15, 0.2) is 24.3 Å². The minimum Gasteiger partial charge on any atom is -0.395 e. The summed E-state index contributed by atoms with van der Waals surface area (Å²) >= 11 is 0. The van der Waals surface area contributed by atoms with Crippen molar-refractivity contribution in [2.24, 2.45) is 0 Å². The third-order valence-electron chi connectivity index (χ3n) is 3.23. The van der Waals surface area contributed by atoms with E-state index in [0.717, 1.165) is 5.56 Å². The number of aliphatic hydroxyl groups is 1. The molecule has 0 aliphatic carbocycles. The summed E-state index contributed by atoms with van der Waals surface area (Å²) in [5.41, 5.74) is 1.52. The van der Waals surface area contributed by atoms with Gasteiger partial charge in [-0.25, -0.2) is 0 Å². The monoisotopic (exact) mass is 273 g/mol. The molecule has 1 saturated heterocycles. The number of hydrogen-bond acceptors (Lipinski definition) is 3. The fraction of sp³-hybridized carbons (Fsp3) is 0.438. The standard InChI is InChI=1S/C16H19NO3/c1-13-12-20-11-9-17(13)16(19)15-7-5-14(6-8-15)4-2-3-10-18/h5-8,13,18H,3,9-12H2,1H3. The van der Waals surface area contributed by atoms with E-state index in [0.29, 0.717) is 31.7 Å². The highest BCUT2D eigenvalue weighted by Gasteiger charge is 2.24. The van der Waals surface area contributed by atoms with E-state index in [1.165, 1.54) is 0 Å². The van der Waals surface area contributed by atoms with Gasteiger partial charge in [-0.3, -0.25) is 4.79 Å². The van der Waals surface area contributed by atoms with Crippen LogP contribution in [-0.4, -0.2) is 48.3 Å². The molecule has 4 nitrogen and oxygen atoms in total. The number of carbonyl (C=O) groups excluding carboxylic acids is 1. The van der Waals surface area contributed by atoms with Gasteiger partial charge in [-0.1, -0.05) is 11.8 Å². The molecule has 1 aromatic carbocycles. The predicted octanol–water partition coefficient (Wildman–Crippen LogP) is 1.28. The first kappa shape index (κ1) is 14.6. The number of hydrogen-bond donors (Lipinski definition) is 1. The zero-order valence-electron chi connectivity index (χ0n) is 11.6. The first-order valence-electron chi connectivity index (χ1n) is 6.81. The van der Waals surface area contributed by atoms with Crippen LogP contribution in [-0.2, 0) is 4.74 Å². The van der Waals surface area contributed by atoms with Crippen molar-refractivity contribution in [3.63, 3.8) is 0 Å². The first-order valence-corrected chi connectivity index (χ1v) is 6.81. The summed E-state index contributed by atoms with van der Waals surface area (Å²) in [4.78, 5) is 14.2. The van der Waals surface area contributed by atoms with Crippen LogP contribution in [0, 0.1) is 11.8 Å². The Morgan fingerprint density at radius 2 is 2.20 bits per heavy atom. The molecule has 4 heteroatoms. The molecular weight excluding hydrogens is 254 g/mol. The van der Waals surface area contributed by atoms with Crippen molar-refractivity contribution in [1.29, 1.82) is 0 Å². The fourth-order valence-corrected chi connectivity index (χ4v) is 2.11. The Morgan fingerprint density at radius 3 is 2.85 bits per heavy atom. The Hall–Kier alpha value is -1.83. The zero-order valence-corrected chi connectivity index (χ0v) is 11.6. The van der Waals surface area contributed by atoms with Crippen LogP contribution >= 0.6 is 0 Å². The SMILES string of the molecule is CC1COCCN1C(=O)c1ccc(C#CCCO)cc1. The maximum absolute atomic E-state index is 12.4. The van der Waals surface area contributed by atoms with E-state index in [1.807, 2.05) is 24.0 Å². The third-order valence-corrected chi connectivity index (χ3v) is 3.23. The molecule has 1 amide bonds. The summed E-state index contributed by atoms with van der Waals surface area (Å²) in [7, 11) is 0. The number of nitrogens with zero attached hydrogens (tertiary/aromatic N) is 1. The average molecular weight is 273 g/mol. The van der Waals surface area contributed by atoms with E-state index in [2.05, 4.69) is 11.8 Å². The number of rotatable bonds is 2. The molecule has 1 N–H and O–H groups in total. The number of morpholine rings is 1. The molecule has 2 rings (SSSR count). The summed E-state index contributed by atoms with van der Waals surface area (Å²) in [6, 6.07) is 7.38. The lowest BCUT2D eigenvalue weighted by Gasteiger charge is -2.33. The van der Waals surface area contributed by atoms with E-state index in [1.54, 1.807) is 12.1 Å². The molecule has 0 spiro atoms. The van der Waals surface area contributed by atoms with Gasteiger partial charge in [0, 0.05) is 24.1 Å². The highest BCUT2D eigenvalue weighted by molar-refractivity contribution is 5.94. The van der Waals surface area contributed by atoms with Gasteiger partial charge in [0.15, 0.2) is 0 Å². The quantitative estimate of drug-likeness (QED) is 0.826. The molecule has 1 heterocycles. The van der Waals surface area contributed by atoms with Crippen LogP contribution in [0.1, 0.15) is 29.3 Å². The van der Waals surface area contributed by atoms with Crippen molar-refractivity contribution in [1.82, 2.24) is 4.90 Å². The molecule has 1 fully saturated rings. The van der Waals surface area contributed by atoms with Crippen LogP contribution in [0.5, 0.6) is 0 Å². The van der Waals surface area contributed by atoms with E-state index in [-0.39, 0.29) is 18.6 Å². The molecule has 20 heavy (non-hydrogen) atoms. The van der Waals surface area contributed by atoms with Gasteiger partial charge < -0.3 is 14.7 Å². The Morgan fingerprint density at radius 1 is 1.45 bits per heavy atom. The van der Waals surface area contributed by atoms with E-state index >= 15 is 0 Å². The average Bonchev–Trinajstić information content (AvgIpc) is 2.48. The molecule has 106 valence electrons. The maximum atomic E-state index is 12.4. The number of carbonyl (C=O) groups is 1. The number of amides is 1. The molecule has 0 saturated carbocycles. The highest BCUT2D eigenvalue weighted by Crippen LogP contribution is 2.13. The lowest BCUT2D eigenvalue weighted by atomic mass is 10.1. The predicted molar refractivity (Wildman–Crippen MR) is 76.3 cm³/mol. The normalized spacial score (nSPS) is 18.3. The van der Waals surface area contributed by atoms with Crippen molar-refractivity contribution >= 4 is 5.91 Å². The first-order chi connectivity index (χ1) is 9.72. The molecule has 0 bridgehead atoms. The van der Waals surface area contributed by atoms with E-state index in [9.17, 15) is 4.79 Å². The van der Waals surface area contributed by atoms with Gasteiger partial charge in [-0.15, -0.1) is 0 Å². The molecule has 1 aliphatic rings. The second-order valence-corrected chi connectivity index (χ2v) is 4.78. The number of aliphatic hydroxyl groups excluding tert-OH is 1. The van der Waals surface area contributed by atoms with Gasteiger partial charge in [0.25, 0.3) is 5.91 Å². The van der Waals surface area contributed by atoms with Crippen molar-refractivity contribution in [3.05, 3.63) is 35.4 Å². The molecule has 1 aliphatic heterocycles.